The van der Waals surface area contributed by atoms with E-state index in [0.29, 0.717) is 0 Å². The van der Waals surface area contributed by atoms with Gasteiger partial charge in [0.2, 0.25) is 0 Å². The van der Waals surface area contributed by atoms with Gasteiger partial charge in [-0.1, -0.05) is 0 Å². The van der Waals surface area contributed by atoms with Gasteiger partial charge < -0.3 is 0 Å². The fraction of sp³-hybridized carbons (Fsp3) is 0.125. The van der Waals surface area contributed by atoms with Crippen molar-refractivity contribution in [2.75, 3.05) is 0 Å². The molecule has 1 aromatic heterocycles. The van der Waals surface area contributed by atoms with Crippen molar-refractivity contribution in [2.45, 2.75) is 0 Å². The molecule has 0 saturated heterocycles. The topological polar surface area (TPSA) is 37.8 Å². The minimum absolute atomic E-state index is 0.0278. The van der Waals surface area contributed by atoms with Crippen molar-refractivity contribution in [3.05, 3.63) is 34.1 Å². The SMILES string of the molecule is Cn1[nH]c2c(F)cc(F)cc2c1=O. The van der Waals surface area contributed by atoms with Crippen LogP contribution in [0.15, 0.2) is 16.9 Å². The Labute approximate surface area is 71.6 Å². The minimum Gasteiger partial charge on any atom is -0.292 e. The van der Waals surface area contributed by atoms with Crippen LogP contribution in [0.4, 0.5) is 8.78 Å². The van der Waals surface area contributed by atoms with Crippen LogP contribution in [0.5, 0.6) is 0 Å². The molecule has 0 saturated carbocycles. The van der Waals surface area contributed by atoms with Crippen molar-refractivity contribution in [1.29, 1.82) is 0 Å². The van der Waals surface area contributed by atoms with Gasteiger partial charge in [0.05, 0.1) is 5.39 Å². The van der Waals surface area contributed by atoms with Gasteiger partial charge in [-0.3, -0.25) is 14.6 Å². The van der Waals surface area contributed by atoms with Crippen LogP contribution in [0, 0.1) is 11.6 Å². The van der Waals surface area contributed by atoms with Crippen LogP contribution in [0.2, 0.25) is 0 Å². The number of aryl methyl sites for hydroxylation is 1. The van der Waals surface area contributed by atoms with E-state index in [-0.39, 0.29) is 10.9 Å². The Morgan fingerprint density at radius 1 is 1.38 bits per heavy atom. The highest BCUT2D eigenvalue weighted by Crippen LogP contribution is 2.13. The van der Waals surface area contributed by atoms with Crippen LogP contribution < -0.4 is 5.56 Å². The van der Waals surface area contributed by atoms with Crippen LogP contribution in [-0.4, -0.2) is 9.78 Å². The fourth-order valence-corrected chi connectivity index (χ4v) is 1.26. The number of aromatic amines is 1. The molecule has 0 bridgehead atoms. The highest BCUT2D eigenvalue weighted by molar-refractivity contribution is 5.78. The molecule has 2 aromatic rings. The van der Waals surface area contributed by atoms with Gasteiger partial charge in [0.25, 0.3) is 5.56 Å². The zero-order chi connectivity index (χ0) is 9.59. The normalized spacial score (nSPS) is 11.0. The fourth-order valence-electron chi connectivity index (χ4n) is 1.26. The van der Waals surface area contributed by atoms with Crippen molar-refractivity contribution in [1.82, 2.24) is 9.78 Å². The van der Waals surface area contributed by atoms with Crippen LogP contribution in [0.1, 0.15) is 0 Å². The summed E-state index contributed by atoms with van der Waals surface area (Å²) in [5, 5.41) is 2.51. The third kappa shape index (κ3) is 1.04. The summed E-state index contributed by atoms with van der Waals surface area (Å²) in [6, 6.07) is 1.75. The summed E-state index contributed by atoms with van der Waals surface area (Å²) in [5.74, 6) is -1.51. The summed E-state index contributed by atoms with van der Waals surface area (Å²) in [4.78, 5) is 11.2. The molecule has 0 spiro atoms. The molecule has 2 rings (SSSR count). The summed E-state index contributed by atoms with van der Waals surface area (Å²) in [6.07, 6.45) is 0. The van der Waals surface area contributed by atoms with Crippen LogP contribution in [0.3, 0.4) is 0 Å². The number of hydrogen-bond acceptors (Lipinski definition) is 1. The molecule has 13 heavy (non-hydrogen) atoms. The second kappa shape index (κ2) is 2.42. The van der Waals surface area contributed by atoms with Gasteiger partial charge in [-0.25, -0.2) is 8.78 Å². The highest BCUT2D eigenvalue weighted by atomic mass is 19.1. The van der Waals surface area contributed by atoms with Gasteiger partial charge in [-0.2, -0.15) is 0 Å². The second-order valence-electron chi connectivity index (χ2n) is 2.79. The molecule has 1 N–H and O–H groups in total. The Kier molecular flexibility index (Phi) is 1.48. The molecule has 0 amide bonds. The molecule has 0 unspecified atom stereocenters. The first-order valence-electron chi connectivity index (χ1n) is 3.63. The van der Waals surface area contributed by atoms with Crippen molar-refractivity contribution >= 4 is 10.9 Å². The van der Waals surface area contributed by atoms with Gasteiger partial charge in [0, 0.05) is 13.1 Å². The Balaban J connectivity index is 3.03. The first-order valence-corrected chi connectivity index (χ1v) is 3.63. The van der Waals surface area contributed by atoms with Crippen molar-refractivity contribution in [3.8, 4) is 0 Å². The summed E-state index contributed by atoms with van der Waals surface area (Å²) >= 11 is 0. The number of H-pyrrole nitrogens is 1. The smallest absolute Gasteiger partial charge is 0.274 e. The number of fused-ring (bicyclic) bond motifs is 1. The maximum Gasteiger partial charge on any atom is 0.274 e. The molecule has 0 aliphatic heterocycles. The van der Waals surface area contributed by atoms with E-state index in [1.807, 2.05) is 0 Å². The Morgan fingerprint density at radius 3 is 2.77 bits per heavy atom. The number of nitrogens with one attached hydrogen (secondary N) is 1. The predicted octanol–water partition coefficient (Wildman–Crippen LogP) is 1.14. The number of aromatic nitrogens is 2. The van der Waals surface area contributed by atoms with Crippen molar-refractivity contribution in [2.24, 2.45) is 7.05 Å². The summed E-state index contributed by atoms with van der Waals surface area (Å²) in [6.45, 7) is 0. The number of rotatable bonds is 0. The van der Waals surface area contributed by atoms with E-state index in [1.165, 1.54) is 7.05 Å². The molecule has 0 aliphatic carbocycles. The van der Waals surface area contributed by atoms with Gasteiger partial charge in [-0.05, 0) is 6.07 Å². The van der Waals surface area contributed by atoms with E-state index in [4.69, 9.17) is 0 Å². The predicted molar refractivity (Wildman–Crippen MR) is 43.5 cm³/mol. The molecule has 1 heterocycles. The molecule has 68 valence electrons. The molecular formula is C8H6F2N2O. The van der Waals surface area contributed by atoms with E-state index in [1.54, 1.807) is 0 Å². The maximum absolute atomic E-state index is 13.0. The van der Waals surface area contributed by atoms with Gasteiger partial charge in [-0.15, -0.1) is 0 Å². The van der Waals surface area contributed by atoms with Crippen LogP contribution in [-0.2, 0) is 7.05 Å². The maximum atomic E-state index is 13.0. The molecule has 0 fully saturated rings. The largest absolute Gasteiger partial charge is 0.292 e. The standard InChI is InChI=1S/C8H6F2N2O/c1-12-8(13)5-2-4(9)3-6(10)7(5)11-12/h2-3,11H,1H3. The molecule has 0 atom stereocenters. The molecule has 5 heteroatoms. The second-order valence-corrected chi connectivity index (χ2v) is 2.79. The van der Waals surface area contributed by atoms with Crippen molar-refractivity contribution < 1.29 is 8.78 Å². The quantitative estimate of drug-likeness (QED) is 0.655. The number of benzene rings is 1. The summed E-state index contributed by atoms with van der Waals surface area (Å²) in [7, 11) is 1.44. The molecule has 0 radical (unpaired) electrons. The summed E-state index contributed by atoms with van der Waals surface area (Å²) in [5.41, 5.74) is -0.401. The zero-order valence-electron chi connectivity index (χ0n) is 6.77. The number of halogens is 2. The lowest BCUT2D eigenvalue weighted by atomic mass is 10.2. The van der Waals surface area contributed by atoms with E-state index in [9.17, 15) is 13.6 Å². The van der Waals surface area contributed by atoms with Crippen LogP contribution in [0.25, 0.3) is 10.9 Å². The lowest BCUT2D eigenvalue weighted by molar-refractivity contribution is 0.589. The molecule has 0 aliphatic rings. The Hall–Kier alpha value is -1.65. The average molecular weight is 184 g/mol. The van der Waals surface area contributed by atoms with Gasteiger partial charge in [0.15, 0.2) is 5.82 Å². The van der Waals surface area contributed by atoms with E-state index >= 15 is 0 Å². The third-order valence-corrected chi connectivity index (χ3v) is 1.87. The number of hydrogen-bond donors (Lipinski definition) is 1. The Bertz CT molecular complexity index is 527. The van der Waals surface area contributed by atoms with E-state index < -0.39 is 17.2 Å². The van der Waals surface area contributed by atoms with Crippen LogP contribution >= 0.6 is 0 Å². The van der Waals surface area contributed by atoms with Gasteiger partial charge in [0.1, 0.15) is 11.3 Å². The van der Waals surface area contributed by atoms with E-state index in [0.717, 1.165) is 16.8 Å². The first-order chi connectivity index (χ1) is 6.09. The lowest BCUT2D eigenvalue weighted by Gasteiger charge is -1.90. The van der Waals surface area contributed by atoms with Crippen molar-refractivity contribution in [3.63, 3.8) is 0 Å². The summed E-state index contributed by atoms with van der Waals surface area (Å²) < 4.78 is 26.8. The molecule has 3 nitrogen and oxygen atoms in total. The minimum atomic E-state index is -0.757. The highest BCUT2D eigenvalue weighted by Gasteiger charge is 2.09. The Morgan fingerprint density at radius 2 is 2.08 bits per heavy atom. The monoisotopic (exact) mass is 184 g/mol. The lowest BCUT2D eigenvalue weighted by Crippen LogP contribution is -2.11. The van der Waals surface area contributed by atoms with E-state index in [2.05, 4.69) is 5.10 Å². The number of nitrogens with zero attached hydrogens (tertiary/aromatic N) is 1. The average Bonchev–Trinajstić information content (AvgIpc) is 2.32. The third-order valence-electron chi connectivity index (χ3n) is 1.87. The van der Waals surface area contributed by atoms with Gasteiger partial charge >= 0.3 is 0 Å². The molecule has 1 aromatic carbocycles. The molecular weight excluding hydrogens is 178 g/mol. The first kappa shape index (κ1) is 7.97. The zero-order valence-corrected chi connectivity index (χ0v) is 6.77.